The molecule has 8 nitrogen and oxygen atoms in total. The van der Waals surface area contributed by atoms with Gasteiger partial charge in [0, 0.05) is 44.8 Å². The maximum atomic E-state index is 12.8. The second kappa shape index (κ2) is 10.9. The monoisotopic (exact) mass is 453 g/mol. The van der Waals surface area contributed by atoms with Gasteiger partial charge >= 0.3 is 0 Å². The fraction of sp³-hybridized carbons (Fsp3) is 0.560. The summed E-state index contributed by atoms with van der Waals surface area (Å²) in [5.74, 6) is 2.92. The molecule has 0 bridgehead atoms. The van der Waals surface area contributed by atoms with Gasteiger partial charge in [-0.3, -0.25) is 9.69 Å². The molecule has 2 aliphatic rings. The van der Waals surface area contributed by atoms with Gasteiger partial charge in [-0.15, -0.1) is 10.2 Å². The van der Waals surface area contributed by atoms with Crippen LogP contribution in [-0.2, 0) is 29.0 Å². The van der Waals surface area contributed by atoms with Gasteiger partial charge in [0.2, 0.25) is 5.91 Å². The predicted molar refractivity (Wildman–Crippen MR) is 126 cm³/mol. The Morgan fingerprint density at radius 3 is 2.91 bits per heavy atom. The topological polar surface area (TPSA) is 81.5 Å². The molecule has 2 aliphatic heterocycles. The highest BCUT2D eigenvalue weighted by atomic mass is 16.5. The lowest BCUT2D eigenvalue weighted by atomic mass is 10.0. The number of carbonyl (C=O) groups excluding carboxylic acids is 1. The number of carbonyl (C=O) groups is 1. The molecule has 4 rings (SSSR count). The fourth-order valence-electron chi connectivity index (χ4n) is 4.48. The third-order valence-electron chi connectivity index (χ3n) is 6.41. The van der Waals surface area contributed by atoms with Crippen molar-refractivity contribution in [1.29, 1.82) is 0 Å². The summed E-state index contributed by atoms with van der Waals surface area (Å²) < 4.78 is 13.4. The first-order valence-electron chi connectivity index (χ1n) is 11.9. The molecule has 1 amide bonds. The van der Waals surface area contributed by atoms with Crippen molar-refractivity contribution in [1.82, 2.24) is 25.0 Å². The number of para-hydroxylation sites is 1. The number of rotatable bonds is 9. The summed E-state index contributed by atoms with van der Waals surface area (Å²) in [7, 11) is 0. The van der Waals surface area contributed by atoms with Gasteiger partial charge in [-0.2, -0.15) is 0 Å². The van der Waals surface area contributed by atoms with Crippen LogP contribution < -0.4 is 10.1 Å². The molecule has 1 N–H and O–H groups in total. The van der Waals surface area contributed by atoms with Crippen LogP contribution in [0.3, 0.4) is 0 Å². The van der Waals surface area contributed by atoms with Crippen LogP contribution in [0, 0.1) is 11.8 Å². The second-order valence-electron chi connectivity index (χ2n) is 9.15. The normalized spacial score (nSPS) is 19.7. The summed E-state index contributed by atoms with van der Waals surface area (Å²) in [4.78, 5) is 15.2. The van der Waals surface area contributed by atoms with Crippen LogP contribution in [0.15, 0.2) is 36.9 Å². The number of aromatic nitrogens is 3. The van der Waals surface area contributed by atoms with Crippen molar-refractivity contribution >= 4 is 5.91 Å². The van der Waals surface area contributed by atoms with Crippen LogP contribution in [0.1, 0.15) is 43.5 Å². The van der Waals surface area contributed by atoms with Crippen molar-refractivity contribution < 1.29 is 14.3 Å². The molecule has 3 heterocycles. The molecule has 2 atom stereocenters. The standard InChI is InChI=1S/C25H35N5O3/c1-4-14-33-21-8-6-5-7-19(21)16-29-11-9-22-27-28-24(30(22)13-12-29)23(18(2)3)26-25(31)20-10-15-32-17-20/h4-8,18,20,23H,1,9-17H2,2-3H3,(H,26,31). The summed E-state index contributed by atoms with van der Waals surface area (Å²) in [6.45, 7) is 13.0. The third kappa shape index (κ3) is 5.62. The average Bonchev–Trinajstić information content (AvgIpc) is 3.45. The van der Waals surface area contributed by atoms with Crippen molar-refractivity contribution in [3.63, 3.8) is 0 Å². The molecule has 2 unspecified atom stereocenters. The summed E-state index contributed by atoms with van der Waals surface area (Å²) in [5.41, 5.74) is 1.17. The number of benzene rings is 1. The molecule has 1 saturated heterocycles. The van der Waals surface area contributed by atoms with Crippen molar-refractivity contribution in [2.45, 2.75) is 45.8 Å². The molecule has 1 fully saturated rings. The first-order valence-corrected chi connectivity index (χ1v) is 11.9. The average molecular weight is 454 g/mol. The largest absolute Gasteiger partial charge is 0.489 e. The SMILES string of the molecule is C=CCOc1ccccc1CN1CCc2nnc(C(NC(=O)C3CCOC3)C(C)C)n2CC1. The van der Waals surface area contributed by atoms with E-state index in [1.165, 1.54) is 5.56 Å². The van der Waals surface area contributed by atoms with Crippen LogP contribution in [0.25, 0.3) is 0 Å². The number of hydrogen-bond acceptors (Lipinski definition) is 6. The number of nitrogens with zero attached hydrogens (tertiary/aromatic N) is 4. The lowest BCUT2D eigenvalue weighted by molar-refractivity contribution is -0.126. The highest BCUT2D eigenvalue weighted by Gasteiger charge is 2.31. The summed E-state index contributed by atoms with van der Waals surface area (Å²) in [6, 6.07) is 8.00. The zero-order valence-electron chi connectivity index (χ0n) is 19.7. The van der Waals surface area contributed by atoms with E-state index in [9.17, 15) is 4.79 Å². The van der Waals surface area contributed by atoms with Crippen molar-refractivity contribution in [3.05, 3.63) is 54.1 Å². The Morgan fingerprint density at radius 1 is 1.30 bits per heavy atom. The van der Waals surface area contributed by atoms with Gasteiger partial charge in [0.15, 0.2) is 5.82 Å². The molecule has 2 aromatic rings. The summed E-state index contributed by atoms with van der Waals surface area (Å²) in [5, 5.41) is 12.2. The van der Waals surface area contributed by atoms with E-state index in [1.54, 1.807) is 6.08 Å². The van der Waals surface area contributed by atoms with E-state index < -0.39 is 0 Å². The van der Waals surface area contributed by atoms with Crippen molar-refractivity contribution in [3.8, 4) is 5.75 Å². The van der Waals surface area contributed by atoms with Gasteiger partial charge in [-0.25, -0.2) is 0 Å². The van der Waals surface area contributed by atoms with Crippen LogP contribution in [-0.4, -0.2) is 58.5 Å². The molecule has 0 aliphatic carbocycles. The lowest BCUT2D eigenvalue weighted by Gasteiger charge is -2.24. The van der Waals surface area contributed by atoms with E-state index in [2.05, 4.69) is 51.5 Å². The molecule has 0 saturated carbocycles. The van der Waals surface area contributed by atoms with Gasteiger partial charge in [-0.1, -0.05) is 44.7 Å². The Balaban J connectivity index is 1.45. The minimum atomic E-state index is -0.168. The molecule has 8 heteroatoms. The van der Waals surface area contributed by atoms with Crippen molar-refractivity contribution in [2.24, 2.45) is 11.8 Å². The number of hydrogen-bond donors (Lipinski definition) is 1. The number of ether oxygens (including phenoxy) is 2. The zero-order chi connectivity index (χ0) is 23.2. The lowest BCUT2D eigenvalue weighted by Crippen LogP contribution is -2.38. The second-order valence-corrected chi connectivity index (χ2v) is 9.15. The van der Waals surface area contributed by atoms with Gasteiger partial charge < -0.3 is 19.4 Å². The highest BCUT2D eigenvalue weighted by molar-refractivity contribution is 5.79. The minimum absolute atomic E-state index is 0.0509. The Hall–Kier alpha value is -2.71. The van der Waals surface area contributed by atoms with E-state index in [4.69, 9.17) is 9.47 Å². The smallest absolute Gasteiger partial charge is 0.226 e. The van der Waals surface area contributed by atoms with Gasteiger partial charge in [0.25, 0.3) is 0 Å². The van der Waals surface area contributed by atoms with E-state index in [1.807, 2.05) is 18.2 Å². The summed E-state index contributed by atoms with van der Waals surface area (Å²) in [6.07, 6.45) is 3.36. The summed E-state index contributed by atoms with van der Waals surface area (Å²) >= 11 is 0. The van der Waals surface area contributed by atoms with Gasteiger partial charge in [-0.05, 0) is 18.4 Å². The fourth-order valence-corrected chi connectivity index (χ4v) is 4.48. The van der Waals surface area contributed by atoms with Crippen LogP contribution >= 0.6 is 0 Å². The van der Waals surface area contributed by atoms with E-state index in [0.717, 1.165) is 56.4 Å². The first-order chi connectivity index (χ1) is 16.1. The maximum absolute atomic E-state index is 12.8. The molecular weight excluding hydrogens is 418 g/mol. The predicted octanol–water partition coefficient (Wildman–Crippen LogP) is 2.75. The molecule has 1 aromatic heterocycles. The maximum Gasteiger partial charge on any atom is 0.226 e. The van der Waals surface area contributed by atoms with Crippen LogP contribution in [0.2, 0.25) is 0 Å². The van der Waals surface area contributed by atoms with E-state index >= 15 is 0 Å². The Labute approximate surface area is 196 Å². The number of amides is 1. The molecule has 0 radical (unpaired) electrons. The van der Waals surface area contributed by atoms with Crippen LogP contribution in [0.4, 0.5) is 0 Å². The highest BCUT2D eigenvalue weighted by Crippen LogP contribution is 2.25. The van der Waals surface area contributed by atoms with Gasteiger partial charge in [0.05, 0.1) is 18.6 Å². The van der Waals surface area contributed by atoms with Crippen molar-refractivity contribution in [2.75, 3.05) is 32.9 Å². The Bertz CT molecular complexity index is 951. The Morgan fingerprint density at radius 2 is 2.15 bits per heavy atom. The third-order valence-corrected chi connectivity index (χ3v) is 6.41. The number of fused-ring (bicyclic) bond motifs is 1. The zero-order valence-corrected chi connectivity index (χ0v) is 19.7. The molecule has 1 aromatic carbocycles. The van der Waals surface area contributed by atoms with Crippen LogP contribution in [0.5, 0.6) is 5.75 Å². The quantitative estimate of drug-likeness (QED) is 0.588. The molecule has 0 spiro atoms. The van der Waals surface area contributed by atoms with Gasteiger partial charge in [0.1, 0.15) is 18.2 Å². The molecule has 178 valence electrons. The van der Waals surface area contributed by atoms with E-state index in [-0.39, 0.29) is 23.8 Å². The van der Waals surface area contributed by atoms with E-state index in [0.29, 0.717) is 19.8 Å². The minimum Gasteiger partial charge on any atom is -0.489 e. The Kier molecular flexibility index (Phi) is 7.77. The number of nitrogens with one attached hydrogen (secondary N) is 1. The molecule has 33 heavy (non-hydrogen) atoms. The first kappa shape index (κ1) is 23.4. The molecular formula is C25H35N5O3.